The molecule has 4 N–H and O–H groups in total. The lowest BCUT2D eigenvalue weighted by Crippen LogP contribution is -2.14. The number of hydrogen-bond acceptors (Lipinski definition) is 5. The van der Waals surface area contributed by atoms with Gasteiger partial charge in [-0.25, -0.2) is 10.8 Å². The molecule has 0 bridgehead atoms. The van der Waals surface area contributed by atoms with E-state index in [4.69, 9.17) is 10.6 Å². The molecule has 1 heterocycles. The number of pyridine rings is 1. The van der Waals surface area contributed by atoms with Crippen molar-refractivity contribution in [1.29, 1.82) is 0 Å². The first-order valence-corrected chi connectivity index (χ1v) is 6.51. The number of nitrogens with one attached hydrogen (secondary N) is 2. The Kier molecular flexibility index (Phi) is 4.54. The zero-order chi connectivity index (χ0) is 14.5. The number of carbonyl (C=O) groups excluding carboxylic acids is 1. The fourth-order valence-corrected chi connectivity index (χ4v) is 1.88. The van der Waals surface area contributed by atoms with Gasteiger partial charge in [0.1, 0.15) is 11.6 Å². The maximum atomic E-state index is 12.1. The quantitative estimate of drug-likeness (QED) is 0.589. The Balaban J connectivity index is 2.18. The van der Waals surface area contributed by atoms with Crippen LogP contribution < -0.4 is 21.3 Å². The van der Waals surface area contributed by atoms with Crippen LogP contribution in [-0.4, -0.2) is 18.0 Å². The van der Waals surface area contributed by atoms with Gasteiger partial charge < -0.3 is 15.5 Å². The van der Waals surface area contributed by atoms with E-state index in [1.807, 2.05) is 0 Å². The van der Waals surface area contributed by atoms with E-state index in [-0.39, 0.29) is 5.91 Å². The number of rotatable bonds is 4. The zero-order valence-electron chi connectivity index (χ0n) is 10.7. The molecule has 104 valence electrons. The van der Waals surface area contributed by atoms with E-state index in [0.29, 0.717) is 22.8 Å². The first kappa shape index (κ1) is 14.3. The lowest BCUT2D eigenvalue weighted by molar-refractivity contribution is 0.102. The molecular weight excluding hydrogens is 324 g/mol. The first-order chi connectivity index (χ1) is 9.63. The molecule has 0 spiro atoms. The highest BCUT2D eigenvalue weighted by Crippen LogP contribution is 2.27. The third-order valence-corrected chi connectivity index (χ3v) is 3.29. The summed E-state index contributed by atoms with van der Waals surface area (Å²) in [5, 5.41) is 2.78. The third kappa shape index (κ3) is 3.25. The highest BCUT2D eigenvalue weighted by Gasteiger charge is 2.09. The number of nitrogens with zero attached hydrogens (tertiary/aromatic N) is 1. The zero-order valence-corrected chi connectivity index (χ0v) is 12.3. The van der Waals surface area contributed by atoms with Crippen LogP contribution >= 0.6 is 15.9 Å². The molecule has 0 saturated carbocycles. The van der Waals surface area contributed by atoms with Crippen LogP contribution in [0, 0.1) is 0 Å². The van der Waals surface area contributed by atoms with Gasteiger partial charge >= 0.3 is 0 Å². The second kappa shape index (κ2) is 6.36. The molecule has 0 saturated heterocycles. The number of halogens is 1. The van der Waals surface area contributed by atoms with Crippen LogP contribution in [0.2, 0.25) is 0 Å². The van der Waals surface area contributed by atoms with Gasteiger partial charge in [-0.3, -0.25) is 4.79 Å². The Morgan fingerprint density at radius 2 is 2.15 bits per heavy atom. The van der Waals surface area contributed by atoms with E-state index in [1.165, 1.54) is 6.20 Å². The van der Waals surface area contributed by atoms with E-state index < -0.39 is 0 Å². The lowest BCUT2D eigenvalue weighted by Gasteiger charge is -2.09. The van der Waals surface area contributed by atoms with Gasteiger partial charge in [0.05, 0.1) is 18.4 Å². The number of hydrazine groups is 1. The number of nitrogens with two attached hydrogens (primary N) is 1. The van der Waals surface area contributed by atoms with E-state index in [9.17, 15) is 4.79 Å². The van der Waals surface area contributed by atoms with Crippen LogP contribution in [0.3, 0.4) is 0 Å². The molecule has 7 heteroatoms. The number of hydrogen-bond donors (Lipinski definition) is 3. The summed E-state index contributed by atoms with van der Waals surface area (Å²) < 4.78 is 5.88. The van der Waals surface area contributed by atoms with Gasteiger partial charge in [0.2, 0.25) is 0 Å². The third-order valence-electron chi connectivity index (χ3n) is 2.60. The maximum absolute atomic E-state index is 12.1. The molecule has 6 nitrogen and oxygen atoms in total. The van der Waals surface area contributed by atoms with Crippen LogP contribution in [0.4, 0.5) is 11.5 Å². The molecule has 0 aliphatic rings. The molecule has 2 rings (SSSR count). The smallest absolute Gasteiger partial charge is 0.257 e. The molecule has 2 aromatic rings. The van der Waals surface area contributed by atoms with E-state index >= 15 is 0 Å². The van der Waals surface area contributed by atoms with Crippen LogP contribution in [0.25, 0.3) is 0 Å². The monoisotopic (exact) mass is 336 g/mol. The summed E-state index contributed by atoms with van der Waals surface area (Å²) in [6.07, 6.45) is 1.44. The predicted octanol–water partition coefficient (Wildman–Crippen LogP) is 2.39. The normalized spacial score (nSPS) is 9.95. The average molecular weight is 337 g/mol. The van der Waals surface area contributed by atoms with Gasteiger partial charge in [-0.1, -0.05) is 0 Å². The standard InChI is InChI=1S/C13H13BrN4O2/c1-20-9-3-4-10(14)11(6-9)17-13(19)8-2-5-12(18-15)16-7-8/h2-7H,15H2,1H3,(H,16,18)(H,17,19). The van der Waals surface area contributed by atoms with Crippen molar-refractivity contribution >= 4 is 33.3 Å². The van der Waals surface area contributed by atoms with Crippen LogP contribution in [0.5, 0.6) is 5.75 Å². The molecule has 0 fully saturated rings. The lowest BCUT2D eigenvalue weighted by atomic mass is 10.2. The Hall–Kier alpha value is -2.12. The number of nitrogen functional groups attached to an aromatic ring is 1. The average Bonchev–Trinajstić information content (AvgIpc) is 2.49. The fraction of sp³-hybridized carbons (Fsp3) is 0.0769. The van der Waals surface area contributed by atoms with Crippen molar-refractivity contribution in [3.8, 4) is 5.75 Å². The number of ether oxygens (including phenoxy) is 1. The summed E-state index contributed by atoms with van der Waals surface area (Å²) in [6, 6.07) is 8.57. The number of aromatic nitrogens is 1. The Morgan fingerprint density at radius 3 is 2.75 bits per heavy atom. The van der Waals surface area contributed by atoms with Crippen LogP contribution in [-0.2, 0) is 0 Å². The van der Waals surface area contributed by atoms with Crippen molar-refractivity contribution in [2.75, 3.05) is 17.9 Å². The number of anilines is 2. The summed E-state index contributed by atoms with van der Waals surface area (Å²) >= 11 is 3.37. The minimum Gasteiger partial charge on any atom is -0.497 e. The predicted molar refractivity (Wildman–Crippen MR) is 80.7 cm³/mol. The fourth-order valence-electron chi connectivity index (χ4n) is 1.54. The molecule has 0 atom stereocenters. The first-order valence-electron chi connectivity index (χ1n) is 5.71. The number of amides is 1. The van der Waals surface area contributed by atoms with Crippen LogP contribution in [0.15, 0.2) is 41.0 Å². The Morgan fingerprint density at radius 1 is 1.35 bits per heavy atom. The van der Waals surface area contributed by atoms with Gasteiger partial charge in [-0.05, 0) is 40.2 Å². The summed E-state index contributed by atoms with van der Waals surface area (Å²) in [4.78, 5) is 16.1. The molecule has 0 aliphatic carbocycles. The second-order valence-electron chi connectivity index (χ2n) is 3.88. The Labute approximate surface area is 124 Å². The number of carbonyl (C=O) groups is 1. The minimum absolute atomic E-state index is 0.268. The molecular formula is C13H13BrN4O2. The van der Waals surface area contributed by atoms with Crippen molar-refractivity contribution < 1.29 is 9.53 Å². The van der Waals surface area contributed by atoms with E-state index in [1.54, 1.807) is 37.4 Å². The van der Waals surface area contributed by atoms with Crippen molar-refractivity contribution in [2.45, 2.75) is 0 Å². The molecule has 0 aliphatic heterocycles. The summed E-state index contributed by atoms with van der Waals surface area (Å²) in [7, 11) is 1.57. The van der Waals surface area contributed by atoms with Gasteiger partial charge in [0.15, 0.2) is 0 Å². The summed E-state index contributed by atoms with van der Waals surface area (Å²) in [5.41, 5.74) is 3.45. The molecule has 1 amide bonds. The van der Waals surface area contributed by atoms with Crippen molar-refractivity contribution in [1.82, 2.24) is 4.98 Å². The van der Waals surface area contributed by atoms with Crippen LogP contribution in [0.1, 0.15) is 10.4 Å². The maximum Gasteiger partial charge on any atom is 0.257 e. The van der Waals surface area contributed by atoms with Gasteiger partial charge in [-0.2, -0.15) is 0 Å². The highest BCUT2D eigenvalue weighted by atomic mass is 79.9. The minimum atomic E-state index is -0.268. The van der Waals surface area contributed by atoms with Gasteiger partial charge in [-0.15, -0.1) is 0 Å². The molecule has 0 unspecified atom stereocenters. The van der Waals surface area contributed by atoms with Crippen molar-refractivity contribution in [3.05, 3.63) is 46.6 Å². The molecule has 0 radical (unpaired) electrons. The topological polar surface area (TPSA) is 89.3 Å². The molecule has 1 aromatic heterocycles. The summed E-state index contributed by atoms with van der Waals surface area (Å²) in [6.45, 7) is 0. The number of benzene rings is 1. The highest BCUT2D eigenvalue weighted by molar-refractivity contribution is 9.10. The Bertz CT molecular complexity index is 616. The SMILES string of the molecule is COc1ccc(Br)c(NC(=O)c2ccc(NN)nc2)c1. The van der Waals surface area contributed by atoms with E-state index in [2.05, 4.69) is 31.7 Å². The van der Waals surface area contributed by atoms with E-state index in [0.717, 1.165) is 4.47 Å². The van der Waals surface area contributed by atoms with Gasteiger partial charge in [0.25, 0.3) is 5.91 Å². The van der Waals surface area contributed by atoms with Gasteiger partial charge in [0, 0.05) is 16.7 Å². The van der Waals surface area contributed by atoms with Crippen molar-refractivity contribution in [3.63, 3.8) is 0 Å². The molecule has 1 aromatic carbocycles. The molecule has 20 heavy (non-hydrogen) atoms. The largest absolute Gasteiger partial charge is 0.497 e. The number of methoxy groups -OCH3 is 1. The van der Waals surface area contributed by atoms with Crippen molar-refractivity contribution in [2.24, 2.45) is 5.84 Å². The summed E-state index contributed by atoms with van der Waals surface area (Å²) in [5.74, 6) is 6.10. The second-order valence-corrected chi connectivity index (χ2v) is 4.73.